The van der Waals surface area contributed by atoms with E-state index in [1.54, 1.807) is 0 Å². The smallest absolute Gasteiger partial charge is 0.0437 e. The van der Waals surface area contributed by atoms with Gasteiger partial charge in [-0.3, -0.25) is 0 Å². The quantitative estimate of drug-likeness (QED) is 0.883. The molecule has 0 aliphatic carbocycles. The molecule has 0 aliphatic rings. The van der Waals surface area contributed by atoms with Gasteiger partial charge >= 0.3 is 0 Å². The van der Waals surface area contributed by atoms with E-state index in [1.165, 1.54) is 28.1 Å². The first-order chi connectivity index (χ1) is 10.0. The predicted molar refractivity (Wildman–Crippen MR) is 92.4 cm³/mol. The Hall–Kier alpha value is -1.80. The molecule has 0 aromatic heterocycles. The van der Waals surface area contributed by atoms with Gasteiger partial charge < -0.3 is 10.6 Å². The molecule has 112 valence electrons. The van der Waals surface area contributed by atoms with Crippen molar-refractivity contribution in [3.8, 4) is 0 Å². The van der Waals surface area contributed by atoms with Crippen LogP contribution < -0.4 is 10.6 Å². The van der Waals surface area contributed by atoms with Gasteiger partial charge in [0.1, 0.15) is 0 Å². The Morgan fingerprint density at radius 1 is 1.05 bits per heavy atom. The van der Waals surface area contributed by atoms with Gasteiger partial charge in [-0.05, 0) is 56.0 Å². The van der Waals surface area contributed by atoms with Crippen molar-refractivity contribution in [2.45, 2.75) is 39.7 Å². The first-order valence-electron chi connectivity index (χ1n) is 7.66. The second-order valence-corrected chi connectivity index (χ2v) is 5.89. The van der Waals surface area contributed by atoms with Crippen LogP contribution in [0.1, 0.15) is 30.0 Å². The Kier molecular flexibility index (Phi) is 5.03. The molecule has 0 saturated carbocycles. The molecule has 0 radical (unpaired) electrons. The highest BCUT2D eigenvalue weighted by atomic mass is 15.1. The van der Waals surface area contributed by atoms with E-state index in [4.69, 9.17) is 5.73 Å². The molecular formula is C19H26N2. The van der Waals surface area contributed by atoms with Crippen molar-refractivity contribution < 1.29 is 0 Å². The summed E-state index contributed by atoms with van der Waals surface area (Å²) in [5.41, 5.74) is 12.4. The number of hydrogen-bond acceptors (Lipinski definition) is 2. The molecule has 0 amide bonds. The van der Waals surface area contributed by atoms with Gasteiger partial charge in [0, 0.05) is 24.5 Å². The lowest BCUT2D eigenvalue weighted by molar-refractivity contribution is 0.646. The Bertz CT molecular complexity index is 587. The molecule has 2 heteroatoms. The van der Waals surface area contributed by atoms with E-state index >= 15 is 0 Å². The van der Waals surface area contributed by atoms with Gasteiger partial charge in [-0.2, -0.15) is 0 Å². The van der Waals surface area contributed by atoms with Crippen LogP contribution in [0, 0.1) is 13.8 Å². The third-order valence-corrected chi connectivity index (χ3v) is 4.06. The van der Waals surface area contributed by atoms with E-state index in [0.717, 1.165) is 12.8 Å². The van der Waals surface area contributed by atoms with Gasteiger partial charge in [0.25, 0.3) is 0 Å². The van der Waals surface area contributed by atoms with Crippen molar-refractivity contribution in [3.05, 3.63) is 59.2 Å². The number of hydrogen-bond donors (Lipinski definition) is 1. The normalized spacial score (nSPS) is 12.2. The maximum absolute atomic E-state index is 6.02. The van der Waals surface area contributed by atoms with Crippen LogP contribution in [-0.2, 0) is 6.42 Å². The lowest BCUT2D eigenvalue weighted by Crippen LogP contribution is -2.21. The Balaban J connectivity index is 2.17. The lowest BCUT2D eigenvalue weighted by atomic mass is 10.0. The molecule has 2 nitrogen and oxygen atoms in total. The molecule has 2 aromatic carbocycles. The fourth-order valence-corrected chi connectivity index (χ4v) is 2.62. The Morgan fingerprint density at radius 2 is 1.71 bits per heavy atom. The van der Waals surface area contributed by atoms with Crippen molar-refractivity contribution in [2.75, 3.05) is 11.9 Å². The highest BCUT2D eigenvalue weighted by molar-refractivity contribution is 5.66. The van der Waals surface area contributed by atoms with Crippen molar-refractivity contribution in [1.82, 2.24) is 0 Å². The van der Waals surface area contributed by atoms with E-state index in [9.17, 15) is 0 Å². The van der Waals surface area contributed by atoms with Gasteiger partial charge in [0.15, 0.2) is 0 Å². The van der Waals surface area contributed by atoms with Crippen molar-refractivity contribution in [2.24, 2.45) is 5.73 Å². The fraction of sp³-hybridized carbons (Fsp3) is 0.368. The molecule has 0 fully saturated rings. The van der Waals surface area contributed by atoms with E-state index in [-0.39, 0.29) is 6.04 Å². The van der Waals surface area contributed by atoms with Crippen LogP contribution in [0.2, 0.25) is 0 Å². The van der Waals surface area contributed by atoms with Gasteiger partial charge in [-0.15, -0.1) is 0 Å². The zero-order valence-electron chi connectivity index (χ0n) is 13.6. The average Bonchev–Trinajstić information content (AvgIpc) is 2.47. The number of benzene rings is 2. The van der Waals surface area contributed by atoms with E-state index in [0.29, 0.717) is 0 Å². The van der Waals surface area contributed by atoms with Gasteiger partial charge in [-0.25, -0.2) is 0 Å². The molecule has 0 heterocycles. The Labute approximate surface area is 128 Å². The summed E-state index contributed by atoms with van der Waals surface area (Å²) in [6.45, 7) is 6.42. The maximum atomic E-state index is 6.02. The summed E-state index contributed by atoms with van der Waals surface area (Å²) in [5.74, 6) is 0. The molecule has 1 atom stereocenters. The van der Waals surface area contributed by atoms with E-state index in [2.05, 4.69) is 75.2 Å². The van der Waals surface area contributed by atoms with E-state index in [1.807, 2.05) is 0 Å². The molecule has 1 unspecified atom stereocenters. The molecule has 0 bridgehead atoms. The summed E-state index contributed by atoms with van der Waals surface area (Å²) in [6.07, 6.45) is 1.97. The predicted octanol–water partition coefficient (Wildman–Crippen LogP) is 4.35. The summed E-state index contributed by atoms with van der Waals surface area (Å²) in [5, 5.41) is 0. The van der Waals surface area contributed by atoms with Crippen LogP contribution in [0.25, 0.3) is 0 Å². The summed E-state index contributed by atoms with van der Waals surface area (Å²) in [4.78, 5) is 2.23. The monoisotopic (exact) mass is 282 g/mol. The third-order valence-electron chi connectivity index (χ3n) is 4.06. The standard InChI is InChI=1S/C19H26N2/c1-5-17(20)13-16-7-9-18(10-8-16)21(4)19-11-6-14(2)12-15(19)3/h6-12,17H,5,13,20H2,1-4H3. The minimum atomic E-state index is 0.257. The fourth-order valence-electron chi connectivity index (χ4n) is 2.62. The van der Waals surface area contributed by atoms with Crippen LogP contribution in [-0.4, -0.2) is 13.1 Å². The van der Waals surface area contributed by atoms with Crippen molar-refractivity contribution in [1.29, 1.82) is 0 Å². The summed E-state index contributed by atoms with van der Waals surface area (Å²) in [7, 11) is 2.12. The third kappa shape index (κ3) is 3.85. The van der Waals surface area contributed by atoms with Crippen LogP contribution in [0.15, 0.2) is 42.5 Å². The van der Waals surface area contributed by atoms with Crippen molar-refractivity contribution >= 4 is 11.4 Å². The largest absolute Gasteiger partial charge is 0.344 e. The Morgan fingerprint density at radius 3 is 2.29 bits per heavy atom. The summed E-state index contributed by atoms with van der Waals surface area (Å²) < 4.78 is 0. The summed E-state index contributed by atoms with van der Waals surface area (Å²) in [6, 6.07) is 15.6. The molecule has 2 N–H and O–H groups in total. The van der Waals surface area contributed by atoms with Crippen LogP contribution >= 0.6 is 0 Å². The van der Waals surface area contributed by atoms with Crippen LogP contribution in [0.3, 0.4) is 0 Å². The maximum Gasteiger partial charge on any atom is 0.0437 e. The molecule has 21 heavy (non-hydrogen) atoms. The van der Waals surface area contributed by atoms with Gasteiger partial charge in [0.05, 0.1) is 0 Å². The van der Waals surface area contributed by atoms with Gasteiger partial charge in [0.2, 0.25) is 0 Å². The zero-order chi connectivity index (χ0) is 15.4. The lowest BCUT2D eigenvalue weighted by Gasteiger charge is -2.22. The minimum Gasteiger partial charge on any atom is -0.344 e. The molecule has 2 rings (SSSR count). The highest BCUT2D eigenvalue weighted by Gasteiger charge is 2.08. The first-order valence-corrected chi connectivity index (χ1v) is 7.66. The SMILES string of the molecule is CCC(N)Cc1ccc(N(C)c2ccc(C)cc2C)cc1. The summed E-state index contributed by atoms with van der Waals surface area (Å²) >= 11 is 0. The highest BCUT2D eigenvalue weighted by Crippen LogP contribution is 2.27. The molecular weight excluding hydrogens is 256 g/mol. The number of nitrogens with zero attached hydrogens (tertiary/aromatic N) is 1. The van der Waals surface area contributed by atoms with E-state index < -0.39 is 0 Å². The molecule has 0 saturated heterocycles. The molecule has 2 aromatic rings. The second-order valence-electron chi connectivity index (χ2n) is 5.89. The number of aryl methyl sites for hydroxylation is 2. The van der Waals surface area contributed by atoms with Gasteiger partial charge in [-0.1, -0.05) is 36.8 Å². The average molecular weight is 282 g/mol. The minimum absolute atomic E-state index is 0.257. The number of anilines is 2. The second kappa shape index (κ2) is 6.77. The molecule has 0 spiro atoms. The number of rotatable bonds is 5. The number of nitrogens with two attached hydrogens (primary N) is 1. The van der Waals surface area contributed by atoms with Crippen molar-refractivity contribution in [3.63, 3.8) is 0 Å². The molecule has 0 aliphatic heterocycles. The first kappa shape index (κ1) is 15.6. The topological polar surface area (TPSA) is 29.3 Å². The van der Waals surface area contributed by atoms with Crippen LogP contribution in [0.5, 0.6) is 0 Å². The van der Waals surface area contributed by atoms with Crippen LogP contribution in [0.4, 0.5) is 11.4 Å². The zero-order valence-corrected chi connectivity index (χ0v) is 13.6.